The second-order valence-electron chi connectivity index (χ2n) is 7.94. The molecule has 1 fully saturated rings. The molecular formula is C22H26N4O2. The molecule has 1 aromatic heterocycles. The van der Waals surface area contributed by atoms with Gasteiger partial charge >= 0.3 is 0 Å². The number of hydrogen-bond donors (Lipinski definition) is 0. The summed E-state index contributed by atoms with van der Waals surface area (Å²) in [6, 6.07) is 8.53. The van der Waals surface area contributed by atoms with Gasteiger partial charge in [0.25, 0.3) is 0 Å². The molecule has 1 atom stereocenters. The number of fused-ring (bicyclic) bond motifs is 2. The van der Waals surface area contributed by atoms with Crippen molar-refractivity contribution in [3.63, 3.8) is 0 Å². The number of ether oxygens (including phenoxy) is 1. The van der Waals surface area contributed by atoms with Crippen molar-refractivity contribution in [3.05, 3.63) is 53.0 Å². The van der Waals surface area contributed by atoms with E-state index in [4.69, 9.17) is 4.74 Å². The maximum Gasteiger partial charge on any atom is 0.226 e. The zero-order valence-electron chi connectivity index (χ0n) is 16.1. The van der Waals surface area contributed by atoms with Gasteiger partial charge in [-0.1, -0.05) is 24.3 Å². The molecule has 1 aromatic carbocycles. The third kappa shape index (κ3) is 3.26. The number of aromatic nitrogens is 2. The first-order chi connectivity index (χ1) is 13.8. The number of anilines is 1. The smallest absolute Gasteiger partial charge is 0.226 e. The highest BCUT2D eigenvalue weighted by Crippen LogP contribution is 2.30. The van der Waals surface area contributed by atoms with Crippen molar-refractivity contribution in [2.24, 2.45) is 5.92 Å². The maximum absolute atomic E-state index is 13.2. The molecular weight excluding hydrogens is 352 g/mol. The standard InChI is InChI=1S/C22H26N4O2/c27-22(18-6-5-16-3-1-2-4-17(16)13-18)26-8-7-19-20(14-26)23-15-24-21(19)25-9-11-28-12-10-25/h1-4,15,18H,5-14H2/t18-/m1/s1. The Kier molecular flexibility index (Phi) is 4.72. The fourth-order valence-electron chi connectivity index (χ4n) is 4.74. The number of hydrogen-bond acceptors (Lipinski definition) is 5. The molecule has 1 aliphatic carbocycles. The normalized spacial score (nSPS) is 21.8. The zero-order valence-corrected chi connectivity index (χ0v) is 16.1. The lowest BCUT2D eigenvalue weighted by molar-refractivity contribution is -0.136. The first-order valence-corrected chi connectivity index (χ1v) is 10.3. The first-order valence-electron chi connectivity index (χ1n) is 10.3. The maximum atomic E-state index is 13.2. The lowest BCUT2D eigenvalue weighted by Crippen LogP contribution is -2.43. The SMILES string of the molecule is O=C([C@@H]1CCc2ccccc2C1)N1CCc2c(ncnc2N2CCOCC2)C1. The summed E-state index contributed by atoms with van der Waals surface area (Å²) >= 11 is 0. The minimum atomic E-state index is 0.0944. The summed E-state index contributed by atoms with van der Waals surface area (Å²) in [6.07, 6.45) is 5.29. The Morgan fingerprint density at radius 3 is 2.71 bits per heavy atom. The van der Waals surface area contributed by atoms with E-state index in [-0.39, 0.29) is 11.8 Å². The van der Waals surface area contributed by atoms with Gasteiger partial charge in [0.15, 0.2) is 0 Å². The second-order valence-corrected chi connectivity index (χ2v) is 7.94. The van der Waals surface area contributed by atoms with Crippen LogP contribution in [-0.2, 0) is 35.3 Å². The van der Waals surface area contributed by atoms with Crippen LogP contribution in [0.2, 0.25) is 0 Å². The number of carbonyl (C=O) groups is 1. The van der Waals surface area contributed by atoms with Gasteiger partial charge in [-0.15, -0.1) is 0 Å². The van der Waals surface area contributed by atoms with E-state index in [1.165, 1.54) is 16.7 Å². The van der Waals surface area contributed by atoms with Crippen LogP contribution in [0.3, 0.4) is 0 Å². The fraction of sp³-hybridized carbons (Fsp3) is 0.500. The van der Waals surface area contributed by atoms with E-state index in [1.807, 2.05) is 4.90 Å². The number of morpholine rings is 1. The third-order valence-electron chi connectivity index (χ3n) is 6.30. The molecule has 6 heteroatoms. The van der Waals surface area contributed by atoms with Gasteiger partial charge in [-0.25, -0.2) is 9.97 Å². The quantitative estimate of drug-likeness (QED) is 0.800. The number of carbonyl (C=O) groups excluding carboxylic acids is 1. The van der Waals surface area contributed by atoms with Gasteiger partial charge in [0.05, 0.1) is 25.5 Å². The second kappa shape index (κ2) is 7.51. The Bertz CT molecular complexity index is 879. The van der Waals surface area contributed by atoms with Crippen molar-refractivity contribution >= 4 is 11.7 Å². The Morgan fingerprint density at radius 2 is 1.86 bits per heavy atom. The van der Waals surface area contributed by atoms with E-state index in [1.54, 1.807) is 6.33 Å². The van der Waals surface area contributed by atoms with E-state index in [9.17, 15) is 4.79 Å². The van der Waals surface area contributed by atoms with Crippen LogP contribution in [0.15, 0.2) is 30.6 Å². The van der Waals surface area contributed by atoms with Gasteiger partial charge in [-0.05, 0) is 36.8 Å². The minimum absolute atomic E-state index is 0.0944. The highest BCUT2D eigenvalue weighted by atomic mass is 16.5. The van der Waals surface area contributed by atoms with Gasteiger partial charge in [-0.3, -0.25) is 4.79 Å². The van der Waals surface area contributed by atoms with Crippen LogP contribution >= 0.6 is 0 Å². The molecule has 0 saturated carbocycles. The molecule has 3 aliphatic rings. The highest BCUT2D eigenvalue weighted by molar-refractivity contribution is 5.80. The van der Waals surface area contributed by atoms with Crippen LogP contribution in [-0.4, -0.2) is 53.6 Å². The molecule has 2 aromatic rings. The molecule has 3 heterocycles. The van der Waals surface area contributed by atoms with Gasteiger partial charge in [0.1, 0.15) is 12.1 Å². The molecule has 0 spiro atoms. The van der Waals surface area contributed by atoms with Crippen molar-refractivity contribution in [1.82, 2.24) is 14.9 Å². The van der Waals surface area contributed by atoms with E-state index < -0.39 is 0 Å². The van der Waals surface area contributed by atoms with E-state index >= 15 is 0 Å². The number of aryl methyl sites for hydroxylation is 1. The summed E-state index contributed by atoms with van der Waals surface area (Å²) < 4.78 is 5.47. The van der Waals surface area contributed by atoms with Crippen LogP contribution in [0.4, 0.5) is 5.82 Å². The first kappa shape index (κ1) is 17.6. The van der Waals surface area contributed by atoms with Crippen LogP contribution in [0.5, 0.6) is 0 Å². The zero-order chi connectivity index (χ0) is 18.9. The molecule has 0 N–H and O–H groups in total. The lowest BCUT2D eigenvalue weighted by Gasteiger charge is -2.35. The van der Waals surface area contributed by atoms with Crippen LogP contribution < -0.4 is 4.90 Å². The summed E-state index contributed by atoms with van der Waals surface area (Å²) in [7, 11) is 0. The Hall–Kier alpha value is -2.47. The van der Waals surface area contributed by atoms with Crippen molar-refractivity contribution in [2.75, 3.05) is 37.7 Å². The van der Waals surface area contributed by atoms with Crippen molar-refractivity contribution < 1.29 is 9.53 Å². The largest absolute Gasteiger partial charge is 0.378 e. The van der Waals surface area contributed by atoms with E-state index in [0.717, 1.165) is 70.0 Å². The molecule has 28 heavy (non-hydrogen) atoms. The average Bonchev–Trinajstić information content (AvgIpc) is 2.78. The molecule has 6 nitrogen and oxygen atoms in total. The number of nitrogens with zero attached hydrogens (tertiary/aromatic N) is 4. The van der Waals surface area contributed by atoms with Crippen LogP contribution in [0, 0.1) is 5.92 Å². The van der Waals surface area contributed by atoms with Gasteiger partial charge < -0.3 is 14.5 Å². The van der Waals surface area contributed by atoms with Crippen LogP contribution in [0.25, 0.3) is 0 Å². The van der Waals surface area contributed by atoms with Crippen molar-refractivity contribution in [3.8, 4) is 0 Å². The molecule has 1 amide bonds. The summed E-state index contributed by atoms with van der Waals surface area (Å²) in [5, 5.41) is 0. The third-order valence-corrected chi connectivity index (χ3v) is 6.30. The molecule has 1 saturated heterocycles. The minimum Gasteiger partial charge on any atom is -0.378 e. The Morgan fingerprint density at radius 1 is 1.04 bits per heavy atom. The predicted octanol–water partition coefficient (Wildman–Crippen LogP) is 2.00. The number of benzene rings is 1. The number of amides is 1. The topological polar surface area (TPSA) is 58.6 Å². The van der Waals surface area contributed by atoms with Gasteiger partial charge in [0.2, 0.25) is 5.91 Å². The summed E-state index contributed by atoms with van der Waals surface area (Å²) in [4.78, 5) is 26.6. The molecule has 5 rings (SSSR count). The lowest BCUT2D eigenvalue weighted by atomic mass is 9.83. The van der Waals surface area contributed by atoms with Gasteiger partial charge in [0, 0.05) is 31.1 Å². The van der Waals surface area contributed by atoms with E-state index in [0.29, 0.717) is 6.54 Å². The van der Waals surface area contributed by atoms with Crippen molar-refractivity contribution in [2.45, 2.75) is 32.2 Å². The summed E-state index contributed by atoms with van der Waals surface area (Å²) in [6.45, 7) is 4.58. The summed E-state index contributed by atoms with van der Waals surface area (Å²) in [5.41, 5.74) is 4.95. The van der Waals surface area contributed by atoms with Gasteiger partial charge in [-0.2, -0.15) is 0 Å². The Labute approximate surface area is 165 Å². The van der Waals surface area contributed by atoms with E-state index in [2.05, 4.69) is 39.1 Å². The fourth-order valence-corrected chi connectivity index (χ4v) is 4.74. The summed E-state index contributed by atoms with van der Waals surface area (Å²) in [5.74, 6) is 1.41. The predicted molar refractivity (Wildman–Crippen MR) is 106 cm³/mol. The molecule has 0 unspecified atom stereocenters. The Balaban J connectivity index is 1.31. The van der Waals surface area contributed by atoms with Crippen molar-refractivity contribution in [1.29, 1.82) is 0 Å². The molecule has 0 radical (unpaired) electrons. The molecule has 0 bridgehead atoms. The number of rotatable bonds is 2. The average molecular weight is 378 g/mol. The molecule has 146 valence electrons. The molecule has 2 aliphatic heterocycles. The highest BCUT2D eigenvalue weighted by Gasteiger charge is 2.32. The monoisotopic (exact) mass is 378 g/mol. The van der Waals surface area contributed by atoms with Crippen LogP contribution in [0.1, 0.15) is 28.8 Å².